The van der Waals surface area contributed by atoms with E-state index in [-0.39, 0.29) is 10.8 Å². The van der Waals surface area contributed by atoms with E-state index in [9.17, 15) is 13.2 Å². The molecule has 5 nitrogen and oxygen atoms in total. The lowest BCUT2D eigenvalue weighted by Gasteiger charge is -2.15. The van der Waals surface area contributed by atoms with Crippen LogP contribution in [0.2, 0.25) is 0 Å². The van der Waals surface area contributed by atoms with Crippen LogP contribution in [-0.2, 0) is 29.4 Å². The Kier molecular flexibility index (Phi) is 7.59. The SMILES string of the molecule is CCc1ccc(CC)c(CNC(=O)c2ccc(C)c(S(=O)(=O)Nc3ccc(C)cc3C)c2)c1. The van der Waals surface area contributed by atoms with Crippen LogP contribution in [0.4, 0.5) is 5.69 Å². The van der Waals surface area contributed by atoms with Gasteiger partial charge in [-0.05, 0) is 79.6 Å². The van der Waals surface area contributed by atoms with Gasteiger partial charge in [-0.2, -0.15) is 0 Å². The summed E-state index contributed by atoms with van der Waals surface area (Å²) in [6.45, 7) is 10.1. The van der Waals surface area contributed by atoms with Gasteiger partial charge in [0.05, 0.1) is 10.6 Å². The van der Waals surface area contributed by atoms with Crippen molar-refractivity contribution in [2.45, 2.75) is 58.9 Å². The predicted octanol–water partition coefficient (Wildman–Crippen LogP) is 5.47. The first-order valence-corrected chi connectivity index (χ1v) is 12.7. The zero-order chi connectivity index (χ0) is 24.2. The molecule has 0 saturated carbocycles. The second-order valence-electron chi connectivity index (χ2n) is 8.40. The number of hydrogen-bond acceptors (Lipinski definition) is 3. The topological polar surface area (TPSA) is 75.3 Å². The molecule has 1 amide bonds. The summed E-state index contributed by atoms with van der Waals surface area (Å²) in [5, 5.41) is 2.95. The summed E-state index contributed by atoms with van der Waals surface area (Å²) in [5.74, 6) is -0.304. The van der Waals surface area contributed by atoms with Crippen molar-refractivity contribution in [2.75, 3.05) is 4.72 Å². The van der Waals surface area contributed by atoms with E-state index >= 15 is 0 Å². The molecule has 0 aliphatic carbocycles. The summed E-state index contributed by atoms with van der Waals surface area (Å²) in [4.78, 5) is 13.0. The molecular weight excluding hydrogens is 432 g/mol. The van der Waals surface area contributed by atoms with Crippen molar-refractivity contribution in [1.29, 1.82) is 0 Å². The average molecular weight is 465 g/mol. The zero-order valence-corrected chi connectivity index (χ0v) is 20.8. The molecule has 0 bridgehead atoms. The molecule has 3 rings (SSSR count). The van der Waals surface area contributed by atoms with Crippen LogP contribution in [0.15, 0.2) is 59.5 Å². The highest BCUT2D eigenvalue weighted by Gasteiger charge is 2.20. The standard InChI is InChI=1S/C27H32N2O3S/c1-6-21-10-12-22(7-2)24(15-21)17-28-27(30)23-11-9-19(4)26(16-23)33(31,32)29-25-13-8-18(3)14-20(25)5/h8-16,29H,6-7,17H2,1-5H3,(H,28,30). The van der Waals surface area contributed by atoms with Gasteiger partial charge >= 0.3 is 0 Å². The largest absolute Gasteiger partial charge is 0.348 e. The smallest absolute Gasteiger partial charge is 0.262 e. The van der Waals surface area contributed by atoms with Gasteiger partial charge in [0.25, 0.3) is 15.9 Å². The Balaban J connectivity index is 1.83. The maximum Gasteiger partial charge on any atom is 0.262 e. The van der Waals surface area contributed by atoms with Crippen molar-refractivity contribution in [3.8, 4) is 0 Å². The molecule has 3 aromatic rings. The van der Waals surface area contributed by atoms with Crippen molar-refractivity contribution < 1.29 is 13.2 Å². The Morgan fingerprint density at radius 2 is 1.58 bits per heavy atom. The van der Waals surface area contributed by atoms with Gasteiger partial charge in [-0.15, -0.1) is 0 Å². The summed E-state index contributed by atoms with van der Waals surface area (Å²) < 4.78 is 28.9. The lowest BCUT2D eigenvalue weighted by molar-refractivity contribution is 0.0950. The van der Waals surface area contributed by atoms with Gasteiger partial charge in [-0.1, -0.05) is 55.8 Å². The number of hydrogen-bond donors (Lipinski definition) is 2. The first-order chi connectivity index (χ1) is 15.6. The quantitative estimate of drug-likeness (QED) is 0.464. The molecule has 0 atom stereocenters. The Bertz CT molecular complexity index is 1280. The van der Waals surface area contributed by atoms with Crippen molar-refractivity contribution in [3.63, 3.8) is 0 Å². The lowest BCUT2D eigenvalue weighted by Crippen LogP contribution is -2.24. The Hall–Kier alpha value is -3.12. The first kappa shape index (κ1) is 24.5. The minimum Gasteiger partial charge on any atom is -0.348 e. The van der Waals surface area contributed by atoms with Crippen LogP contribution in [0.25, 0.3) is 0 Å². The van der Waals surface area contributed by atoms with Gasteiger partial charge in [0.2, 0.25) is 0 Å². The molecule has 33 heavy (non-hydrogen) atoms. The second-order valence-corrected chi connectivity index (χ2v) is 10.0. The third kappa shape index (κ3) is 5.82. The van der Waals surface area contributed by atoms with Gasteiger partial charge in [-0.25, -0.2) is 8.42 Å². The molecule has 0 radical (unpaired) electrons. The molecule has 0 aliphatic rings. The number of amides is 1. The monoisotopic (exact) mass is 464 g/mol. The van der Waals surface area contributed by atoms with E-state index in [0.717, 1.165) is 29.5 Å². The highest BCUT2D eigenvalue weighted by atomic mass is 32.2. The number of nitrogens with one attached hydrogen (secondary N) is 2. The highest BCUT2D eigenvalue weighted by Crippen LogP contribution is 2.24. The van der Waals surface area contributed by atoms with E-state index in [1.54, 1.807) is 25.1 Å². The number of sulfonamides is 1. The van der Waals surface area contributed by atoms with Gasteiger partial charge in [-0.3, -0.25) is 9.52 Å². The van der Waals surface area contributed by atoms with Gasteiger partial charge in [0, 0.05) is 12.1 Å². The second kappa shape index (κ2) is 10.2. The van der Waals surface area contributed by atoms with Crippen molar-refractivity contribution >= 4 is 21.6 Å². The Morgan fingerprint density at radius 1 is 0.818 bits per heavy atom. The van der Waals surface area contributed by atoms with Crippen LogP contribution in [0.5, 0.6) is 0 Å². The molecule has 0 fully saturated rings. The molecule has 0 unspecified atom stereocenters. The molecule has 3 aromatic carbocycles. The first-order valence-electron chi connectivity index (χ1n) is 11.2. The summed E-state index contributed by atoms with van der Waals surface area (Å²) in [6.07, 6.45) is 1.81. The molecule has 0 aliphatic heterocycles. The van der Waals surface area contributed by atoms with E-state index in [4.69, 9.17) is 0 Å². The molecule has 0 heterocycles. The van der Waals surface area contributed by atoms with E-state index in [2.05, 4.69) is 42.1 Å². The van der Waals surface area contributed by atoms with Crippen molar-refractivity contribution in [2.24, 2.45) is 0 Å². The maximum absolute atomic E-state index is 13.1. The Labute approximate surface area is 197 Å². The molecule has 0 spiro atoms. The van der Waals surface area contributed by atoms with Crippen LogP contribution >= 0.6 is 0 Å². The lowest BCUT2D eigenvalue weighted by atomic mass is 10.0. The molecule has 0 aromatic heterocycles. The van der Waals surface area contributed by atoms with Crippen LogP contribution in [0.1, 0.15) is 57.6 Å². The summed E-state index contributed by atoms with van der Waals surface area (Å²) in [6, 6.07) is 16.7. The molecule has 2 N–H and O–H groups in total. The predicted molar refractivity (Wildman–Crippen MR) is 134 cm³/mol. The minimum atomic E-state index is -3.85. The molecule has 0 saturated heterocycles. The number of benzene rings is 3. The van der Waals surface area contributed by atoms with Crippen LogP contribution < -0.4 is 10.0 Å². The summed E-state index contributed by atoms with van der Waals surface area (Å²) in [7, 11) is -3.85. The molecule has 6 heteroatoms. The van der Waals surface area contributed by atoms with Gasteiger partial charge in [0.15, 0.2) is 0 Å². The molecule has 174 valence electrons. The van der Waals surface area contributed by atoms with Crippen molar-refractivity contribution in [1.82, 2.24) is 5.32 Å². The van der Waals surface area contributed by atoms with Crippen molar-refractivity contribution in [3.05, 3.63) is 93.5 Å². The van der Waals surface area contributed by atoms with Crippen LogP contribution in [0.3, 0.4) is 0 Å². The van der Waals surface area contributed by atoms with Crippen LogP contribution in [-0.4, -0.2) is 14.3 Å². The Morgan fingerprint density at radius 3 is 2.24 bits per heavy atom. The van der Waals surface area contributed by atoms with Gasteiger partial charge < -0.3 is 5.32 Å². The highest BCUT2D eigenvalue weighted by molar-refractivity contribution is 7.92. The number of rotatable bonds is 8. The fourth-order valence-corrected chi connectivity index (χ4v) is 5.25. The normalized spacial score (nSPS) is 11.3. The average Bonchev–Trinajstić information content (AvgIpc) is 2.79. The van der Waals surface area contributed by atoms with Gasteiger partial charge in [0.1, 0.15) is 0 Å². The summed E-state index contributed by atoms with van der Waals surface area (Å²) >= 11 is 0. The fraction of sp³-hybridized carbons (Fsp3) is 0.296. The fourth-order valence-electron chi connectivity index (χ4n) is 3.84. The number of carbonyl (C=O) groups excluding carboxylic acids is 1. The third-order valence-corrected chi connectivity index (χ3v) is 7.37. The number of carbonyl (C=O) groups is 1. The number of anilines is 1. The maximum atomic E-state index is 13.1. The van der Waals surface area contributed by atoms with E-state index in [1.165, 1.54) is 17.2 Å². The summed E-state index contributed by atoms with van der Waals surface area (Å²) in [5.41, 5.74) is 6.81. The van der Waals surface area contributed by atoms with E-state index in [0.29, 0.717) is 23.4 Å². The van der Waals surface area contributed by atoms with Crippen LogP contribution in [0, 0.1) is 20.8 Å². The number of aryl methyl sites for hydroxylation is 5. The van der Waals surface area contributed by atoms with E-state index < -0.39 is 10.0 Å². The van der Waals surface area contributed by atoms with E-state index in [1.807, 2.05) is 26.0 Å². The third-order valence-electron chi connectivity index (χ3n) is 5.87. The zero-order valence-electron chi connectivity index (χ0n) is 20.0. The molecular formula is C27H32N2O3S. The minimum absolute atomic E-state index is 0.0948.